The van der Waals surface area contributed by atoms with E-state index in [-0.39, 0.29) is 0 Å². The normalized spacial score (nSPS) is 12.2. The van der Waals surface area contributed by atoms with Crippen molar-refractivity contribution in [3.8, 4) is 11.1 Å². The first-order valence-corrected chi connectivity index (χ1v) is 22.8. The number of aryl methyl sites for hydroxylation is 2. The number of hydrogen-bond donors (Lipinski definition) is 0. The van der Waals surface area contributed by atoms with Gasteiger partial charge in [-0.3, -0.25) is 0 Å². The Morgan fingerprint density at radius 2 is 0.485 bits per heavy atom. The van der Waals surface area contributed by atoms with Gasteiger partial charge in [-0.25, -0.2) is 0 Å². The standard InChI is InChI=1S/C63H49N3/c1-46-28-42-59-60-43-29-47(2)45-62(60)63(61(59)44-46,48-18-8-3-9-19-48)49-30-32-54(33-31-49)65(52-24-14-6-15-25-52)56-38-40-58(41-39-56)66(53-26-16-7-17-27-53)57-36-34-55(35-37-57)64(50-20-10-4-11-21-50)51-22-12-5-13-23-51/h3-45H,1-2H3. The summed E-state index contributed by atoms with van der Waals surface area (Å²) in [5.74, 6) is 0. The lowest BCUT2D eigenvalue weighted by Gasteiger charge is -2.35. The summed E-state index contributed by atoms with van der Waals surface area (Å²) in [7, 11) is 0. The molecule has 0 saturated heterocycles. The molecule has 0 unspecified atom stereocenters. The van der Waals surface area contributed by atoms with Crippen LogP contribution in [0.2, 0.25) is 0 Å². The van der Waals surface area contributed by atoms with Crippen LogP contribution in [-0.2, 0) is 5.41 Å². The zero-order chi connectivity index (χ0) is 44.5. The fourth-order valence-electron chi connectivity index (χ4n) is 10.0. The third kappa shape index (κ3) is 7.21. The van der Waals surface area contributed by atoms with Gasteiger partial charge in [0.05, 0.1) is 5.41 Å². The van der Waals surface area contributed by atoms with Gasteiger partial charge in [0.25, 0.3) is 0 Å². The maximum absolute atomic E-state index is 2.40. The van der Waals surface area contributed by atoms with E-state index < -0.39 is 5.41 Å². The minimum Gasteiger partial charge on any atom is -0.311 e. The molecule has 11 rings (SSSR count). The van der Waals surface area contributed by atoms with Gasteiger partial charge in [-0.05, 0) is 156 Å². The van der Waals surface area contributed by atoms with Gasteiger partial charge in [-0.2, -0.15) is 0 Å². The highest BCUT2D eigenvalue weighted by molar-refractivity contribution is 5.88. The van der Waals surface area contributed by atoms with Gasteiger partial charge in [-0.1, -0.05) is 163 Å². The molecule has 0 radical (unpaired) electrons. The lowest BCUT2D eigenvalue weighted by Crippen LogP contribution is -2.28. The Hall–Kier alpha value is -8.40. The molecule has 10 aromatic rings. The molecule has 66 heavy (non-hydrogen) atoms. The monoisotopic (exact) mass is 847 g/mol. The van der Waals surface area contributed by atoms with Crippen molar-refractivity contribution in [2.24, 2.45) is 0 Å². The van der Waals surface area contributed by atoms with Crippen LogP contribution < -0.4 is 14.7 Å². The second kappa shape index (κ2) is 17.3. The quantitative estimate of drug-likeness (QED) is 0.128. The second-order valence-electron chi connectivity index (χ2n) is 17.1. The molecular formula is C63H49N3. The van der Waals surface area contributed by atoms with E-state index in [1.807, 2.05) is 0 Å². The van der Waals surface area contributed by atoms with Gasteiger partial charge in [0.15, 0.2) is 0 Å². The van der Waals surface area contributed by atoms with E-state index >= 15 is 0 Å². The number of nitrogens with zero attached hydrogens (tertiary/aromatic N) is 3. The van der Waals surface area contributed by atoms with E-state index in [1.165, 1.54) is 44.5 Å². The molecule has 0 aromatic heterocycles. The second-order valence-corrected chi connectivity index (χ2v) is 17.1. The number of anilines is 9. The van der Waals surface area contributed by atoms with E-state index in [9.17, 15) is 0 Å². The van der Waals surface area contributed by atoms with Crippen molar-refractivity contribution in [1.82, 2.24) is 0 Å². The van der Waals surface area contributed by atoms with Crippen LogP contribution in [0.25, 0.3) is 11.1 Å². The van der Waals surface area contributed by atoms with Crippen molar-refractivity contribution < 1.29 is 0 Å². The van der Waals surface area contributed by atoms with Crippen LogP contribution in [0.3, 0.4) is 0 Å². The van der Waals surface area contributed by atoms with Gasteiger partial charge < -0.3 is 14.7 Å². The van der Waals surface area contributed by atoms with E-state index in [0.29, 0.717) is 0 Å². The molecule has 316 valence electrons. The molecule has 0 saturated carbocycles. The summed E-state index contributed by atoms with van der Waals surface area (Å²) in [6, 6.07) is 94.6. The molecule has 1 aliphatic rings. The van der Waals surface area contributed by atoms with Crippen molar-refractivity contribution >= 4 is 51.2 Å². The molecule has 0 aliphatic heterocycles. The van der Waals surface area contributed by atoms with Crippen LogP contribution in [-0.4, -0.2) is 0 Å². The van der Waals surface area contributed by atoms with Crippen molar-refractivity contribution in [3.63, 3.8) is 0 Å². The maximum Gasteiger partial charge on any atom is 0.0713 e. The number of rotatable bonds is 11. The summed E-state index contributed by atoms with van der Waals surface area (Å²) in [5, 5.41) is 0. The average Bonchev–Trinajstić information content (AvgIpc) is 3.66. The minimum absolute atomic E-state index is 0.470. The average molecular weight is 848 g/mol. The van der Waals surface area contributed by atoms with Crippen molar-refractivity contribution in [2.45, 2.75) is 19.3 Å². The van der Waals surface area contributed by atoms with Crippen molar-refractivity contribution in [2.75, 3.05) is 14.7 Å². The van der Waals surface area contributed by atoms with E-state index in [2.05, 4.69) is 289 Å². The van der Waals surface area contributed by atoms with E-state index in [1.54, 1.807) is 0 Å². The largest absolute Gasteiger partial charge is 0.311 e. The van der Waals surface area contributed by atoms with Gasteiger partial charge >= 0.3 is 0 Å². The SMILES string of the molecule is Cc1ccc2c(c1)C(c1ccccc1)(c1ccc(N(c3ccccc3)c3ccc(N(c4ccccc4)c4ccc(N(c5ccccc5)c5ccccc5)cc4)cc3)cc1)c1cc(C)ccc1-2. The summed E-state index contributed by atoms with van der Waals surface area (Å²) < 4.78 is 0. The Balaban J connectivity index is 0.982. The van der Waals surface area contributed by atoms with Crippen molar-refractivity contribution in [3.05, 3.63) is 294 Å². The molecule has 0 heterocycles. The third-order valence-electron chi connectivity index (χ3n) is 13.0. The zero-order valence-electron chi connectivity index (χ0n) is 37.2. The molecule has 1 aliphatic carbocycles. The van der Waals surface area contributed by atoms with Crippen LogP contribution in [0.15, 0.2) is 261 Å². The molecule has 0 amide bonds. The third-order valence-corrected chi connectivity index (χ3v) is 13.0. The van der Waals surface area contributed by atoms with Crippen LogP contribution in [0.4, 0.5) is 51.2 Å². The fraction of sp³-hybridized carbons (Fsp3) is 0.0476. The predicted molar refractivity (Wildman–Crippen MR) is 277 cm³/mol. The summed E-state index contributed by atoms with van der Waals surface area (Å²) in [5.41, 5.74) is 19.6. The summed E-state index contributed by atoms with van der Waals surface area (Å²) in [6.45, 7) is 4.41. The molecule has 0 spiro atoms. The van der Waals surface area contributed by atoms with Gasteiger partial charge in [0, 0.05) is 51.2 Å². The first kappa shape index (κ1) is 40.4. The van der Waals surface area contributed by atoms with Crippen LogP contribution >= 0.6 is 0 Å². The molecule has 3 nitrogen and oxygen atoms in total. The highest BCUT2D eigenvalue weighted by atomic mass is 15.2. The zero-order valence-corrected chi connectivity index (χ0v) is 37.2. The topological polar surface area (TPSA) is 9.72 Å². The smallest absolute Gasteiger partial charge is 0.0713 e. The number of hydrogen-bond acceptors (Lipinski definition) is 3. The molecule has 0 N–H and O–H groups in total. The Bertz CT molecular complexity index is 3130. The molecule has 3 heteroatoms. The molecule has 0 fully saturated rings. The number of benzene rings is 10. The predicted octanol–water partition coefficient (Wildman–Crippen LogP) is 17.1. The van der Waals surface area contributed by atoms with Gasteiger partial charge in [0.2, 0.25) is 0 Å². The van der Waals surface area contributed by atoms with Crippen LogP contribution in [0.5, 0.6) is 0 Å². The number of fused-ring (bicyclic) bond motifs is 3. The van der Waals surface area contributed by atoms with Crippen LogP contribution in [0, 0.1) is 13.8 Å². The van der Waals surface area contributed by atoms with E-state index in [4.69, 9.17) is 0 Å². The fourth-order valence-corrected chi connectivity index (χ4v) is 10.0. The maximum atomic E-state index is 2.40. The Morgan fingerprint density at radius 3 is 0.788 bits per heavy atom. The Labute approximate surface area is 388 Å². The van der Waals surface area contributed by atoms with Crippen LogP contribution in [0.1, 0.15) is 33.4 Å². The molecule has 0 atom stereocenters. The van der Waals surface area contributed by atoms with E-state index in [0.717, 1.165) is 51.2 Å². The number of para-hydroxylation sites is 4. The molecular weight excluding hydrogens is 799 g/mol. The summed E-state index contributed by atoms with van der Waals surface area (Å²) >= 11 is 0. The summed E-state index contributed by atoms with van der Waals surface area (Å²) in [6.07, 6.45) is 0. The van der Waals surface area contributed by atoms with Gasteiger partial charge in [0.1, 0.15) is 0 Å². The first-order valence-electron chi connectivity index (χ1n) is 22.8. The van der Waals surface area contributed by atoms with Gasteiger partial charge in [-0.15, -0.1) is 0 Å². The Morgan fingerprint density at radius 1 is 0.242 bits per heavy atom. The van der Waals surface area contributed by atoms with Crippen molar-refractivity contribution in [1.29, 1.82) is 0 Å². The molecule has 10 aromatic carbocycles. The summed E-state index contributed by atoms with van der Waals surface area (Å²) in [4.78, 5) is 6.98. The highest BCUT2D eigenvalue weighted by Crippen LogP contribution is 2.57. The lowest BCUT2D eigenvalue weighted by molar-refractivity contribution is 0.766. The Kier molecular flexibility index (Phi) is 10.6. The molecule has 0 bridgehead atoms. The minimum atomic E-state index is -0.470. The first-order chi connectivity index (χ1) is 32.6. The lowest BCUT2D eigenvalue weighted by atomic mass is 9.67. The highest BCUT2D eigenvalue weighted by Gasteiger charge is 2.46.